The normalized spacial score (nSPS) is 11.8. The maximum absolute atomic E-state index is 12.2. The number of rotatable bonds is 7. The van der Waals surface area contributed by atoms with Crippen LogP contribution in [0.15, 0.2) is 24.3 Å². The Morgan fingerprint density at radius 3 is 2.46 bits per heavy atom. The average molecular weight is 387 g/mol. The first kappa shape index (κ1) is 21.5. The lowest BCUT2D eigenvalue weighted by Crippen LogP contribution is -2.27. The summed E-state index contributed by atoms with van der Waals surface area (Å²) >= 11 is 0. The molecule has 152 valence electrons. The molecule has 28 heavy (non-hydrogen) atoms. The van der Waals surface area contributed by atoms with Crippen molar-refractivity contribution >= 4 is 17.3 Å². The number of methoxy groups -OCH3 is 2. The Hall–Kier alpha value is -2.77. The van der Waals surface area contributed by atoms with Gasteiger partial charge < -0.3 is 25.3 Å². The zero-order valence-corrected chi connectivity index (χ0v) is 17.1. The number of aryl methyl sites for hydroxylation is 1. The predicted octanol–water partition coefficient (Wildman–Crippen LogP) is 2.39. The number of hydrazine groups is 1. The Kier molecular flexibility index (Phi) is 6.88. The number of ether oxygens (including phenoxy) is 2. The topological polar surface area (TPSA) is 111 Å². The van der Waals surface area contributed by atoms with E-state index < -0.39 is 0 Å². The standard InChI is InChI=1S/C21H29N3O4/c1-12-6-7-14(8-15(12)11-25)17(10-19(26)28-5)16-9-18(27-4)21(24(3)23)20(22)13(16)2/h6-9,17,25H,10-11,22-23H2,1-5H3. The first-order valence-electron chi connectivity index (χ1n) is 8.97. The Labute approximate surface area is 165 Å². The van der Waals surface area contributed by atoms with Crippen LogP contribution in [0.3, 0.4) is 0 Å². The smallest absolute Gasteiger partial charge is 0.306 e. The van der Waals surface area contributed by atoms with Crippen molar-refractivity contribution in [1.29, 1.82) is 0 Å². The van der Waals surface area contributed by atoms with Crippen molar-refractivity contribution in [1.82, 2.24) is 0 Å². The van der Waals surface area contributed by atoms with Crippen LogP contribution in [-0.4, -0.2) is 32.3 Å². The Bertz CT molecular complexity index is 865. The summed E-state index contributed by atoms with van der Waals surface area (Å²) in [5.41, 5.74) is 11.8. The molecule has 2 rings (SSSR count). The van der Waals surface area contributed by atoms with E-state index >= 15 is 0 Å². The zero-order valence-electron chi connectivity index (χ0n) is 17.1. The first-order chi connectivity index (χ1) is 13.2. The second-order valence-corrected chi connectivity index (χ2v) is 6.84. The lowest BCUT2D eigenvalue weighted by molar-refractivity contribution is -0.140. The molecule has 0 aliphatic rings. The molecule has 0 aromatic heterocycles. The van der Waals surface area contributed by atoms with E-state index in [-0.39, 0.29) is 24.9 Å². The SMILES string of the molecule is COC(=O)CC(c1ccc(C)c(CO)c1)c1cc(OC)c(N(C)N)c(N)c1C. The molecule has 0 aliphatic carbocycles. The maximum Gasteiger partial charge on any atom is 0.306 e. The minimum atomic E-state index is -0.340. The number of aliphatic hydroxyl groups is 1. The van der Waals surface area contributed by atoms with Gasteiger partial charge in [-0.25, -0.2) is 5.84 Å². The van der Waals surface area contributed by atoms with E-state index in [0.29, 0.717) is 17.1 Å². The molecule has 0 bridgehead atoms. The highest BCUT2D eigenvalue weighted by Crippen LogP contribution is 2.42. The number of benzene rings is 2. The van der Waals surface area contributed by atoms with Crippen molar-refractivity contribution in [2.75, 3.05) is 32.0 Å². The van der Waals surface area contributed by atoms with Crippen molar-refractivity contribution in [3.8, 4) is 5.75 Å². The molecule has 2 aromatic rings. The predicted molar refractivity (Wildman–Crippen MR) is 110 cm³/mol. The fourth-order valence-corrected chi connectivity index (χ4v) is 3.40. The molecular weight excluding hydrogens is 358 g/mol. The maximum atomic E-state index is 12.2. The molecule has 0 amide bonds. The second kappa shape index (κ2) is 8.95. The van der Waals surface area contributed by atoms with Gasteiger partial charge in [0.1, 0.15) is 11.4 Å². The van der Waals surface area contributed by atoms with Gasteiger partial charge in [0.2, 0.25) is 0 Å². The van der Waals surface area contributed by atoms with Gasteiger partial charge in [-0.1, -0.05) is 18.2 Å². The molecule has 1 unspecified atom stereocenters. The molecule has 0 heterocycles. The molecule has 7 heteroatoms. The first-order valence-corrected chi connectivity index (χ1v) is 8.97. The third-order valence-electron chi connectivity index (χ3n) is 5.10. The zero-order chi connectivity index (χ0) is 21.0. The van der Waals surface area contributed by atoms with Crippen LogP contribution in [0.2, 0.25) is 0 Å². The Balaban J connectivity index is 2.71. The number of hydrogen-bond acceptors (Lipinski definition) is 7. The van der Waals surface area contributed by atoms with Crippen LogP contribution in [0, 0.1) is 13.8 Å². The number of nitrogen functional groups attached to an aromatic ring is 1. The number of hydrogen-bond donors (Lipinski definition) is 3. The van der Waals surface area contributed by atoms with E-state index in [1.54, 1.807) is 14.2 Å². The molecule has 5 N–H and O–H groups in total. The summed E-state index contributed by atoms with van der Waals surface area (Å²) < 4.78 is 10.4. The average Bonchev–Trinajstić information content (AvgIpc) is 2.68. The number of anilines is 2. The summed E-state index contributed by atoms with van der Waals surface area (Å²) in [6.45, 7) is 3.75. The third-order valence-corrected chi connectivity index (χ3v) is 5.10. The number of esters is 1. The monoisotopic (exact) mass is 387 g/mol. The van der Waals surface area contributed by atoms with Gasteiger partial charge in [-0.2, -0.15) is 0 Å². The summed E-state index contributed by atoms with van der Waals surface area (Å²) in [6.07, 6.45) is 0.131. The number of nitrogens with two attached hydrogens (primary N) is 2. The molecule has 0 saturated heterocycles. The van der Waals surface area contributed by atoms with Crippen LogP contribution < -0.4 is 21.3 Å². The number of aliphatic hydroxyl groups excluding tert-OH is 1. The van der Waals surface area contributed by atoms with Crippen LogP contribution in [0.4, 0.5) is 11.4 Å². The third kappa shape index (κ3) is 4.21. The van der Waals surface area contributed by atoms with E-state index in [0.717, 1.165) is 27.8 Å². The molecule has 0 fully saturated rings. The molecular formula is C21H29N3O4. The largest absolute Gasteiger partial charge is 0.494 e. The van der Waals surface area contributed by atoms with E-state index in [1.165, 1.54) is 12.1 Å². The molecule has 0 saturated carbocycles. The van der Waals surface area contributed by atoms with Crippen LogP contribution in [0.25, 0.3) is 0 Å². The molecule has 0 spiro atoms. The van der Waals surface area contributed by atoms with Crippen LogP contribution >= 0.6 is 0 Å². The van der Waals surface area contributed by atoms with Gasteiger partial charge in [0.05, 0.1) is 32.9 Å². The summed E-state index contributed by atoms with van der Waals surface area (Å²) in [6, 6.07) is 7.65. The van der Waals surface area contributed by atoms with Gasteiger partial charge in [-0.05, 0) is 47.7 Å². The van der Waals surface area contributed by atoms with Crippen LogP contribution in [0.1, 0.15) is 40.2 Å². The minimum Gasteiger partial charge on any atom is -0.494 e. The number of carbonyl (C=O) groups excluding carboxylic acids is 1. The van der Waals surface area contributed by atoms with E-state index in [2.05, 4.69) is 0 Å². The quantitative estimate of drug-likeness (QED) is 0.289. The van der Waals surface area contributed by atoms with Crippen LogP contribution in [-0.2, 0) is 16.1 Å². The van der Waals surface area contributed by atoms with Gasteiger partial charge in [-0.15, -0.1) is 0 Å². The molecule has 0 radical (unpaired) electrons. The van der Waals surface area contributed by atoms with Crippen LogP contribution in [0.5, 0.6) is 5.75 Å². The second-order valence-electron chi connectivity index (χ2n) is 6.84. The molecule has 2 aromatic carbocycles. The van der Waals surface area contributed by atoms with Crippen molar-refractivity contribution in [2.45, 2.75) is 32.8 Å². The lowest BCUT2D eigenvalue weighted by Gasteiger charge is -2.26. The Morgan fingerprint density at radius 2 is 1.93 bits per heavy atom. The van der Waals surface area contributed by atoms with Crippen molar-refractivity contribution < 1.29 is 19.4 Å². The lowest BCUT2D eigenvalue weighted by atomic mass is 9.84. The van der Waals surface area contributed by atoms with Gasteiger partial charge >= 0.3 is 5.97 Å². The highest BCUT2D eigenvalue weighted by Gasteiger charge is 2.25. The fraction of sp³-hybridized carbons (Fsp3) is 0.381. The van der Waals surface area contributed by atoms with Crippen molar-refractivity contribution in [2.24, 2.45) is 5.84 Å². The molecule has 7 nitrogen and oxygen atoms in total. The van der Waals surface area contributed by atoms with Gasteiger partial charge in [-0.3, -0.25) is 4.79 Å². The summed E-state index contributed by atoms with van der Waals surface area (Å²) in [7, 11) is 4.60. The summed E-state index contributed by atoms with van der Waals surface area (Å²) in [4.78, 5) is 12.2. The Morgan fingerprint density at radius 1 is 1.25 bits per heavy atom. The van der Waals surface area contributed by atoms with E-state index in [4.69, 9.17) is 21.1 Å². The highest BCUT2D eigenvalue weighted by atomic mass is 16.5. The molecule has 1 atom stereocenters. The summed E-state index contributed by atoms with van der Waals surface area (Å²) in [5, 5.41) is 11.1. The van der Waals surface area contributed by atoms with E-state index in [9.17, 15) is 9.90 Å². The molecule has 0 aliphatic heterocycles. The fourth-order valence-electron chi connectivity index (χ4n) is 3.40. The van der Waals surface area contributed by atoms with Crippen molar-refractivity contribution in [3.63, 3.8) is 0 Å². The number of carbonyl (C=O) groups is 1. The van der Waals surface area contributed by atoms with Gasteiger partial charge in [0, 0.05) is 13.0 Å². The van der Waals surface area contributed by atoms with Gasteiger partial charge in [0.25, 0.3) is 0 Å². The van der Waals surface area contributed by atoms with E-state index in [1.807, 2.05) is 38.1 Å². The van der Waals surface area contributed by atoms with Crippen molar-refractivity contribution in [3.05, 3.63) is 52.1 Å². The number of nitrogens with zero attached hydrogens (tertiary/aromatic N) is 1. The summed E-state index contributed by atoms with van der Waals surface area (Å²) in [5.74, 6) is 5.79. The van der Waals surface area contributed by atoms with Gasteiger partial charge in [0.15, 0.2) is 0 Å². The highest BCUT2D eigenvalue weighted by molar-refractivity contribution is 5.80. The minimum absolute atomic E-state index is 0.0774.